The Bertz CT molecular complexity index is 640. The van der Waals surface area contributed by atoms with Crippen molar-refractivity contribution < 1.29 is 9.53 Å². The molecule has 3 rings (SSSR count). The molecule has 2 aromatic heterocycles. The van der Waals surface area contributed by atoms with Crippen molar-refractivity contribution in [2.24, 2.45) is 0 Å². The van der Waals surface area contributed by atoms with Crippen LogP contribution in [0.3, 0.4) is 0 Å². The first-order chi connectivity index (χ1) is 12.2. The standard InChI is InChI=1S/C17H24N6O2/c1-14(23-12-9-18-13-23)3-8-21-17(24)22-10-4-15(5-11-22)25-16-19-6-2-7-20-16/h2,6-7,9,12-15H,3-5,8,10-11H2,1H3,(H,21,24)/t14-/m1/s1. The topological polar surface area (TPSA) is 85.2 Å². The molecule has 3 heterocycles. The maximum Gasteiger partial charge on any atom is 0.317 e. The summed E-state index contributed by atoms with van der Waals surface area (Å²) in [6, 6.07) is 2.46. The number of carbonyl (C=O) groups excluding carboxylic acids is 1. The summed E-state index contributed by atoms with van der Waals surface area (Å²) >= 11 is 0. The first-order valence-corrected chi connectivity index (χ1v) is 8.66. The largest absolute Gasteiger partial charge is 0.460 e. The molecule has 0 bridgehead atoms. The summed E-state index contributed by atoms with van der Waals surface area (Å²) in [4.78, 5) is 26.3. The molecule has 134 valence electrons. The summed E-state index contributed by atoms with van der Waals surface area (Å²) in [6.45, 7) is 4.12. The molecule has 0 saturated carbocycles. The van der Waals surface area contributed by atoms with Gasteiger partial charge >= 0.3 is 12.0 Å². The van der Waals surface area contributed by atoms with Crippen molar-refractivity contribution in [3.8, 4) is 6.01 Å². The Morgan fingerprint density at radius 3 is 2.76 bits per heavy atom. The van der Waals surface area contributed by atoms with Crippen molar-refractivity contribution in [3.63, 3.8) is 0 Å². The number of hydrogen-bond donors (Lipinski definition) is 1. The van der Waals surface area contributed by atoms with Crippen LogP contribution in [-0.4, -0.2) is 56.2 Å². The van der Waals surface area contributed by atoms with Crippen LogP contribution in [-0.2, 0) is 0 Å². The fraction of sp³-hybridized carbons (Fsp3) is 0.529. The van der Waals surface area contributed by atoms with E-state index in [1.54, 1.807) is 31.0 Å². The van der Waals surface area contributed by atoms with E-state index < -0.39 is 0 Å². The summed E-state index contributed by atoms with van der Waals surface area (Å²) < 4.78 is 7.79. The lowest BCUT2D eigenvalue weighted by Gasteiger charge is -2.31. The van der Waals surface area contributed by atoms with E-state index in [2.05, 4.69) is 27.2 Å². The average Bonchev–Trinajstić information content (AvgIpc) is 3.18. The zero-order valence-corrected chi connectivity index (χ0v) is 14.4. The second-order valence-electron chi connectivity index (χ2n) is 6.22. The third-order valence-electron chi connectivity index (χ3n) is 4.42. The average molecular weight is 344 g/mol. The molecule has 0 spiro atoms. The summed E-state index contributed by atoms with van der Waals surface area (Å²) in [5.41, 5.74) is 0. The van der Waals surface area contributed by atoms with Gasteiger partial charge in [-0.25, -0.2) is 19.7 Å². The van der Waals surface area contributed by atoms with Gasteiger partial charge in [-0.2, -0.15) is 0 Å². The number of nitrogens with one attached hydrogen (secondary N) is 1. The molecule has 8 heteroatoms. The molecule has 0 radical (unpaired) electrons. The van der Waals surface area contributed by atoms with Gasteiger partial charge in [0.05, 0.1) is 6.33 Å². The number of nitrogens with zero attached hydrogens (tertiary/aromatic N) is 5. The Hall–Kier alpha value is -2.64. The Morgan fingerprint density at radius 2 is 2.08 bits per heavy atom. The molecule has 1 saturated heterocycles. The Balaban J connectivity index is 1.35. The zero-order valence-electron chi connectivity index (χ0n) is 14.4. The molecular weight excluding hydrogens is 320 g/mol. The molecular formula is C17H24N6O2. The lowest BCUT2D eigenvalue weighted by molar-refractivity contribution is 0.103. The molecule has 0 aliphatic carbocycles. The summed E-state index contributed by atoms with van der Waals surface area (Å²) in [7, 11) is 0. The fourth-order valence-corrected chi connectivity index (χ4v) is 2.85. The van der Waals surface area contributed by atoms with Crippen LogP contribution < -0.4 is 10.1 Å². The van der Waals surface area contributed by atoms with Gasteiger partial charge < -0.3 is 19.5 Å². The molecule has 2 aromatic rings. The maximum absolute atomic E-state index is 12.3. The third-order valence-corrected chi connectivity index (χ3v) is 4.42. The van der Waals surface area contributed by atoms with Gasteiger partial charge in [-0.3, -0.25) is 0 Å². The first-order valence-electron chi connectivity index (χ1n) is 8.66. The third kappa shape index (κ3) is 4.91. The van der Waals surface area contributed by atoms with Crippen LogP contribution >= 0.6 is 0 Å². The number of likely N-dealkylation sites (tertiary alicyclic amines) is 1. The second kappa shape index (κ2) is 8.46. The number of ether oxygens (including phenoxy) is 1. The quantitative estimate of drug-likeness (QED) is 0.865. The van der Waals surface area contributed by atoms with Crippen LogP contribution in [0.25, 0.3) is 0 Å². The highest BCUT2D eigenvalue weighted by atomic mass is 16.5. The number of carbonyl (C=O) groups is 1. The Labute approximate surface area is 147 Å². The minimum Gasteiger partial charge on any atom is -0.460 e. The summed E-state index contributed by atoms with van der Waals surface area (Å²) in [5, 5.41) is 3.00. The van der Waals surface area contributed by atoms with Crippen molar-refractivity contribution in [1.29, 1.82) is 0 Å². The van der Waals surface area contributed by atoms with E-state index in [-0.39, 0.29) is 12.1 Å². The van der Waals surface area contributed by atoms with Gasteiger partial charge in [0.2, 0.25) is 0 Å². The van der Waals surface area contributed by atoms with E-state index in [9.17, 15) is 4.79 Å². The molecule has 1 N–H and O–H groups in total. The fourth-order valence-electron chi connectivity index (χ4n) is 2.85. The highest BCUT2D eigenvalue weighted by Gasteiger charge is 2.24. The van der Waals surface area contributed by atoms with E-state index in [0.29, 0.717) is 31.7 Å². The molecule has 1 fully saturated rings. The van der Waals surface area contributed by atoms with Crippen molar-refractivity contribution >= 4 is 6.03 Å². The molecule has 0 aromatic carbocycles. The first kappa shape index (κ1) is 17.2. The lowest BCUT2D eigenvalue weighted by Crippen LogP contribution is -2.46. The number of imidazole rings is 1. The number of urea groups is 1. The minimum absolute atomic E-state index is 0.00718. The molecule has 1 atom stereocenters. The lowest BCUT2D eigenvalue weighted by atomic mass is 10.1. The predicted octanol–water partition coefficient (Wildman–Crippen LogP) is 1.88. The van der Waals surface area contributed by atoms with Crippen LogP contribution in [0.2, 0.25) is 0 Å². The van der Waals surface area contributed by atoms with Gasteiger partial charge in [-0.15, -0.1) is 0 Å². The number of amides is 2. The molecule has 1 aliphatic rings. The van der Waals surface area contributed by atoms with Crippen LogP contribution in [0.4, 0.5) is 4.79 Å². The zero-order chi connectivity index (χ0) is 17.5. The van der Waals surface area contributed by atoms with E-state index in [0.717, 1.165) is 19.3 Å². The monoisotopic (exact) mass is 344 g/mol. The maximum atomic E-state index is 12.3. The van der Waals surface area contributed by atoms with Gasteiger partial charge in [0, 0.05) is 63.3 Å². The van der Waals surface area contributed by atoms with Crippen LogP contribution in [0.15, 0.2) is 37.2 Å². The number of hydrogen-bond acceptors (Lipinski definition) is 5. The summed E-state index contributed by atoms with van der Waals surface area (Å²) in [6.07, 6.45) is 11.3. The van der Waals surface area contributed by atoms with E-state index in [1.807, 2.05) is 15.7 Å². The normalized spacial score (nSPS) is 16.4. The van der Waals surface area contributed by atoms with Gasteiger partial charge in [0.25, 0.3) is 0 Å². The Morgan fingerprint density at radius 1 is 1.32 bits per heavy atom. The molecule has 0 unspecified atom stereocenters. The van der Waals surface area contributed by atoms with Gasteiger partial charge in [-0.1, -0.05) is 0 Å². The molecule has 8 nitrogen and oxygen atoms in total. The number of piperidine rings is 1. The smallest absolute Gasteiger partial charge is 0.317 e. The van der Waals surface area contributed by atoms with E-state index >= 15 is 0 Å². The van der Waals surface area contributed by atoms with Crippen LogP contribution in [0, 0.1) is 0 Å². The van der Waals surface area contributed by atoms with Crippen LogP contribution in [0.5, 0.6) is 6.01 Å². The van der Waals surface area contributed by atoms with Crippen molar-refractivity contribution in [3.05, 3.63) is 37.2 Å². The van der Waals surface area contributed by atoms with Crippen LogP contribution in [0.1, 0.15) is 32.2 Å². The SMILES string of the molecule is C[C@H](CCNC(=O)N1CCC(Oc2ncccn2)CC1)n1ccnc1. The van der Waals surface area contributed by atoms with Crippen molar-refractivity contribution in [2.75, 3.05) is 19.6 Å². The highest BCUT2D eigenvalue weighted by molar-refractivity contribution is 5.74. The Kier molecular flexibility index (Phi) is 5.81. The number of aromatic nitrogens is 4. The van der Waals surface area contributed by atoms with E-state index in [4.69, 9.17) is 4.74 Å². The molecule has 25 heavy (non-hydrogen) atoms. The van der Waals surface area contributed by atoms with Crippen molar-refractivity contribution in [2.45, 2.75) is 38.3 Å². The van der Waals surface area contributed by atoms with Crippen molar-refractivity contribution in [1.82, 2.24) is 29.7 Å². The number of rotatable bonds is 6. The van der Waals surface area contributed by atoms with Gasteiger partial charge in [-0.05, 0) is 19.4 Å². The van der Waals surface area contributed by atoms with E-state index in [1.165, 1.54) is 0 Å². The summed E-state index contributed by atoms with van der Waals surface area (Å²) in [5.74, 6) is 0. The second-order valence-corrected chi connectivity index (χ2v) is 6.22. The van der Waals surface area contributed by atoms with Gasteiger partial charge in [0.1, 0.15) is 6.10 Å². The predicted molar refractivity (Wildman–Crippen MR) is 92.2 cm³/mol. The molecule has 1 aliphatic heterocycles. The minimum atomic E-state index is -0.00718. The highest BCUT2D eigenvalue weighted by Crippen LogP contribution is 2.15. The molecule has 2 amide bonds. The van der Waals surface area contributed by atoms with Gasteiger partial charge in [0.15, 0.2) is 0 Å².